The van der Waals surface area contributed by atoms with Crippen LogP contribution in [0.3, 0.4) is 0 Å². The van der Waals surface area contributed by atoms with Gasteiger partial charge in [0.15, 0.2) is 0 Å². The summed E-state index contributed by atoms with van der Waals surface area (Å²) in [6.45, 7) is 6.62. The minimum absolute atomic E-state index is 0.0223. The number of fused-ring (bicyclic) bond motifs is 3. The number of carbonyl (C=O) groups is 1. The van der Waals surface area contributed by atoms with Crippen molar-refractivity contribution in [3.8, 4) is 0 Å². The van der Waals surface area contributed by atoms with E-state index in [1.54, 1.807) is 0 Å². The Balaban J connectivity index is 1.77. The Hall–Kier alpha value is -0.530. The lowest BCUT2D eigenvalue weighted by atomic mass is 9.59. The van der Waals surface area contributed by atoms with Gasteiger partial charge in [-0.25, -0.2) is 0 Å². The van der Waals surface area contributed by atoms with Crippen molar-refractivity contribution in [1.82, 2.24) is 0 Å². The van der Waals surface area contributed by atoms with Gasteiger partial charge in [-0.2, -0.15) is 0 Å². The van der Waals surface area contributed by atoms with Crippen LogP contribution in [0.15, 0.2) is 0 Å². The summed E-state index contributed by atoms with van der Waals surface area (Å²) in [5.74, 6) is 0.986. The number of hydrogen-bond donors (Lipinski definition) is 0. The number of hydrogen-bond acceptors (Lipinski definition) is 2. The van der Waals surface area contributed by atoms with Crippen molar-refractivity contribution in [2.24, 2.45) is 16.7 Å². The van der Waals surface area contributed by atoms with E-state index in [2.05, 4.69) is 0 Å². The van der Waals surface area contributed by atoms with Crippen LogP contribution < -0.4 is 0 Å². The lowest BCUT2D eigenvalue weighted by molar-refractivity contribution is -0.155. The summed E-state index contributed by atoms with van der Waals surface area (Å²) in [4.78, 5) is 11.9. The Morgan fingerprint density at radius 3 is 2.28 bits per heavy atom. The normalized spacial score (nSPS) is 31.4. The van der Waals surface area contributed by atoms with Gasteiger partial charge in [0.1, 0.15) is 0 Å². The zero-order chi connectivity index (χ0) is 13.2. The van der Waals surface area contributed by atoms with Crippen LogP contribution in [0.4, 0.5) is 0 Å². The predicted octanol–water partition coefficient (Wildman–Crippen LogP) is 4.33. The smallest absolute Gasteiger partial charge is 0.311 e. The summed E-state index contributed by atoms with van der Waals surface area (Å²) < 4.78 is 5.51. The maximum Gasteiger partial charge on any atom is 0.311 e. The molecule has 0 radical (unpaired) electrons. The third kappa shape index (κ3) is 2.89. The molecule has 2 bridgehead atoms. The predicted molar refractivity (Wildman–Crippen MR) is 73.3 cm³/mol. The van der Waals surface area contributed by atoms with Crippen LogP contribution in [0, 0.1) is 16.7 Å². The monoisotopic (exact) mass is 252 g/mol. The van der Waals surface area contributed by atoms with Gasteiger partial charge in [-0.05, 0) is 76.5 Å². The van der Waals surface area contributed by atoms with Crippen LogP contribution in [-0.4, -0.2) is 12.6 Å². The maximum atomic E-state index is 11.9. The molecule has 104 valence electrons. The Morgan fingerprint density at radius 2 is 1.78 bits per heavy atom. The van der Waals surface area contributed by atoms with E-state index < -0.39 is 0 Å². The molecule has 0 aromatic heterocycles. The van der Waals surface area contributed by atoms with Crippen LogP contribution >= 0.6 is 0 Å². The molecule has 3 fully saturated rings. The van der Waals surface area contributed by atoms with Crippen molar-refractivity contribution in [2.45, 2.75) is 72.1 Å². The molecule has 2 heteroatoms. The van der Waals surface area contributed by atoms with E-state index in [9.17, 15) is 4.79 Å². The van der Waals surface area contributed by atoms with E-state index in [1.165, 1.54) is 38.5 Å². The molecule has 3 rings (SSSR count). The maximum absolute atomic E-state index is 11.9. The van der Waals surface area contributed by atoms with Crippen LogP contribution in [0.5, 0.6) is 0 Å². The van der Waals surface area contributed by atoms with Gasteiger partial charge in [-0.1, -0.05) is 6.92 Å². The van der Waals surface area contributed by atoms with Crippen molar-refractivity contribution in [2.75, 3.05) is 6.61 Å². The van der Waals surface area contributed by atoms with E-state index in [-0.39, 0.29) is 11.4 Å². The first kappa shape index (κ1) is 13.9. The first-order chi connectivity index (χ1) is 8.47. The lowest BCUT2D eigenvalue weighted by Gasteiger charge is -2.46. The molecule has 0 saturated heterocycles. The van der Waals surface area contributed by atoms with Crippen LogP contribution in [0.2, 0.25) is 0 Å². The van der Waals surface area contributed by atoms with Crippen LogP contribution in [0.1, 0.15) is 72.1 Å². The number of rotatable bonds is 5. The fourth-order valence-corrected chi connectivity index (χ4v) is 3.41. The zero-order valence-electron chi connectivity index (χ0n) is 12.3. The van der Waals surface area contributed by atoms with Crippen LogP contribution in [0.25, 0.3) is 0 Å². The molecule has 0 aromatic rings. The number of esters is 1. The van der Waals surface area contributed by atoms with Gasteiger partial charge >= 0.3 is 5.97 Å². The average Bonchev–Trinajstić information content (AvgIpc) is 2.40. The Morgan fingerprint density at radius 1 is 1.22 bits per heavy atom. The van der Waals surface area contributed by atoms with Crippen molar-refractivity contribution in [1.29, 1.82) is 0 Å². The van der Waals surface area contributed by atoms with Gasteiger partial charge in [-0.3, -0.25) is 4.79 Å². The Kier molecular flexibility index (Phi) is 4.03. The summed E-state index contributed by atoms with van der Waals surface area (Å²) in [6, 6.07) is 0. The summed E-state index contributed by atoms with van der Waals surface area (Å²) >= 11 is 0. The largest absolute Gasteiger partial charge is 0.465 e. The molecular formula is C16H28O2. The molecule has 0 N–H and O–H groups in total. The van der Waals surface area contributed by atoms with Gasteiger partial charge in [0, 0.05) is 0 Å². The molecule has 3 saturated carbocycles. The van der Waals surface area contributed by atoms with Gasteiger partial charge < -0.3 is 4.74 Å². The average molecular weight is 252 g/mol. The summed E-state index contributed by atoms with van der Waals surface area (Å²) in [5.41, 5.74) is 0.202. The van der Waals surface area contributed by atoms with Crippen molar-refractivity contribution >= 4 is 5.97 Å². The van der Waals surface area contributed by atoms with Gasteiger partial charge in [0.2, 0.25) is 0 Å². The first-order valence-corrected chi connectivity index (χ1v) is 7.65. The molecule has 2 nitrogen and oxygen atoms in total. The molecule has 0 unspecified atom stereocenters. The minimum atomic E-state index is -0.318. The third-order valence-electron chi connectivity index (χ3n) is 5.55. The first-order valence-electron chi connectivity index (χ1n) is 7.65. The van der Waals surface area contributed by atoms with Gasteiger partial charge in [0.05, 0.1) is 12.0 Å². The Labute approximate surface area is 111 Å². The molecule has 0 aliphatic heterocycles. The van der Waals surface area contributed by atoms with Gasteiger partial charge in [-0.15, -0.1) is 0 Å². The summed E-state index contributed by atoms with van der Waals surface area (Å²) in [6.07, 6.45) is 10.3. The molecule has 0 heterocycles. The molecule has 0 spiro atoms. The second-order valence-corrected chi connectivity index (χ2v) is 7.11. The third-order valence-corrected chi connectivity index (χ3v) is 5.55. The summed E-state index contributed by atoms with van der Waals surface area (Å²) in [5, 5.41) is 0. The lowest BCUT2D eigenvalue weighted by Crippen LogP contribution is -2.35. The highest BCUT2D eigenvalue weighted by atomic mass is 16.5. The van der Waals surface area contributed by atoms with Crippen molar-refractivity contribution in [3.63, 3.8) is 0 Å². The Bertz CT molecular complexity index is 284. The standard InChI is InChI=1S/C16H28O2/c1-4-15(2,3)14(17)18-12-11-16-8-5-13(6-9-16)7-10-16/h13H,4-12H2,1-3H3. The highest BCUT2D eigenvalue weighted by molar-refractivity contribution is 5.75. The zero-order valence-corrected chi connectivity index (χ0v) is 12.3. The van der Waals surface area contributed by atoms with Gasteiger partial charge in [0.25, 0.3) is 0 Å². The highest BCUT2D eigenvalue weighted by Crippen LogP contribution is 2.52. The van der Waals surface area contributed by atoms with E-state index in [0.29, 0.717) is 12.0 Å². The fraction of sp³-hybridized carbons (Fsp3) is 0.938. The van der Waals surface area contributed by atoms with E-state index in [1.807, 2.05) is 20.8 Å². The van der Waals surface area contributed by atoms with Crippen molar-refractivity contribution < 1.29 is 9.53 Å². The molecule has 18 heavy (non-hydrogen) atoms. The second kappa shape index (κ2) is 5.22. The molecular weight excluding hydrogens is 224 g/mol. The van der Waals surface area contributed by atoms with Crippen molar-refractivity contribution in [3.05, 3.63) is 0 Å². The quantitative estimate of drug-likeness (QED) is 0.681. The molecule has 3 aliphatic carbocycles. The molecule has 0 atom stereocenters. The highest BCUT2D eigenvalue weighted by Gasteiger charge is 2.40. The number of carbonyl (C=O) groups excluding carboxylic acids is 1. The second-order valence-electron chi connectivity index (χ2n) is 7.11. The molecule has 3 aliphatic rings. The molecule has 0 aromatic carbocycles. The number of ether oxygens (including phenoxy) is 1. The van der Waals surface area contributed by atoms with E-state index >= 15 is 0 Å². The minimum Gasteiger partial charge on any atom is -0.465 e. The van der Waals surface area contributed by atoms with E-state index in [4.69, 9.17) is 4.74 Å². The molecule has 0 amide bonds. The van der Waals surface area contributed by atoms with E-state index in [0.717, 1.165) is 18.8 Å². The van der Waals surface area contributed by atoms with Crippen LogP contribution in [-0.2, 0) is 9.53 Å². The fourth-order valence-electron chi connectivity index (χ4n) is 3.41. The topological polar surface area (TPSA) is 26.3 Å². The summed E-state index contributed by atoms with van der Waals surface area (Å²) in [7, 11) is 0. The SMILES string of the molecule is CCC(C)(C)C(=O)OCCC12CCC(CC1)CC2.